The molecule has 148 valence electrons. The van der Waals surface area contributed by atoms with Crippen molar-refractivity contribution in [2.45, 2.75) is 0 Å². The summed E-state index contributed by atoms with van der Waals surface area (Å²) in [6.07, 6.45) is 1.48. The Kier molecular flexibility index (Phi) is 4.54. The molecule has 0 amide bonds. The molecule has 0 aliphatic heterocycles. The molecule has 2 heterocycles. The van der Waals surface area contributed by atoms with Crippen LogP contribution in [0.25, 0.3) is 26.8 Å². The van der Waals surface area contributed by atoms with E-state index in [1.54, 1.807) is 18.4 Å². The zero-order chi connectivity index (χ0) is 21.0. The van der Waals surface area contributed by atoms with Crippen LogP contribution in [0, 0.1) is 0 Å². The fourth-order valence-electron chi connectivity index (χ4n) is 3.41. The minimum Gasteiger partial charge on any atom is -0.497 e. The second-order valence-electron chi connectivity index (χ2n) is 6.74. The molecule has 0 bridgehead atoms. The zero-order valence-electron chi connectivity index (χ0n) is 15.5. The summed E-state index contributed by atoms with van der Waals surface area (Å²) in [5.41, 5.74) is 2.31. The quantitative estimate of drug-likeness (QED) is 0.248. The summed E-state index contributed by atoms with van der Waals surface area (Å²) in [5, 5.41) is 0.477. The van der Waals surface area contributed by atoms with Crippen molar-refractivity contribution in [1.82, 2.24) is 0 Å². The van der Waals surface area contributed by atoms with E-state index in [0.717, 1.165) is 20.9 Å². The predicted octanol–water partition coefficient (Wildman–Crippen LogP) is 6.94. The van der Waals surface area contributed by atoms with Gasteiger partial charge < -0.3 is 9.15 Å². The van der Waals surface area contributed by atoms with Gasteiger partial charge in [-0.25, -0.2) is 0 Å². The van der Waals surface area contributed by atoms with Crippen LogP contribution in [0.15, 0.2) is 58.5 Å². The van der Waals surface area contributed by atoms with E-state index in [2.05, 4.69) is 0 Å². The van der Waals surface area contributed by atoms with Gasteiger partial charge in [-0.3, -0.25) is 9.59 Å². The fourth-order valence-corrected chi connectivity index (χ4v) is 4.77. The number of benzene rings is 2. The second kappa shape index (κ2) is 7.13. The van der Waals surface area contributed by atoms with Gasteiger partial charge in [-0.2, -0.15) is 0 Å². The van der Waals surface area contributed by atoms with Crippen molar-refractivity contribution in [3.63, 3.8) is 0 Å². The lowest BCUT2D eigenvalue weighted by Gasteiger charge is -2.00. The van der Waals surface area contributed by atoms with Crippen molar-refractivity contribution in [1.29, 1.82) is 0 Å². The number of allylic oxidation sites excluding steroid dienone is 1. The van der Waals surface area contributed by atoms with E-state index in [1.807, 2.05) is 36.4 Å². The molecular weight excluding hydrogens is 443 g/mol. The van der Waals surface area contributed by atoms with Crippen molar-refractivity contribution in [2.24, 2.45) is 0 Å². The number of fused-ring (bicyclic) bond motifs is 2. The van der Waals surface area contributed by atoms with Gasteiger partial charge in [-0.15, -0.1) is 11.3 Å². The first-order valence-corrected chi connectivity index (χ1v) is 10.5. The molecule has 1 aliphatic rings. The summed E-state index contributed by atoms with van der Waals surface area (Å²) >= 11 is 13.6. The number of carbonyl (C=O) groups excluding carboxylic acids is 2. The Morgan fingerprint density at radius 1 is 0.933 bits per heavy atom. The maximum Gasteiger partial charge on any atom is 0.197 e. The van der Waals surface area contributed by atoms with Crippen LogP contribution in [0.2, 0.25) is 10.0 Å². The molecule has 1 aliphatic carbocycles. The van der Waals surface area contributed by atoms with Gasteiger partial charge in [0.25, 0.3) is 0 Å². The lowest BCUT2D eigenvalue weighted by molar-refractivity contribution is 0.0990. The smallest absolute Gasteiger partial charge is 0.197 e. The number of carbonyl (C=O) groups is 2. The van der Waals surface area contributed by atoms with Crippen molar-refractivity contribution >= 4 is 62.5 Å². The molecule has 7 heteroatoms. The van der Waals surface area contributed by atoms with Crippen LogP contribution < -0.4 is 4.74 Å². The number of hydrogen-bond donors (Lipinski definition) is 0. The Hall–Kier alpha value is -2.86. The number of rotatable bonds is 3. The number of hydrogen-bond acceptors (Lipinski definition) is 5. The monoisotopic (exact) mass is 454 g/mol. The Balaban J connectivity index is 1.48. The average molecular weight is 455 g/mol. The van der Waals surface area contributed by atoms with Crippen LogP contribution in [-0.4, -0.2) is 18.7 Å². The predicted molar refractivity (Wildman–Crippen MR) is 119 cm³/mol. The van der Waals surface area contributed by atoms with Crippen molar-refractivity contribution in [3.05, 3.63) is 81.0 Å². The van der Waals surface area contributed by atoms with E-state index in [4.69, 9.17) is 32.4 Å². The minimum atomic E-state index is -0.382. The van der Waals surface area contributed by atoms with E-state index in [1.165, 1.54) is 18.2 Å². The first-order chi connectivity index (χ1) is 14.4. The fraction of sp³-hybridized carbons (Fsp3) is 0.0435. The lowest BCUT2D eigenvalue weighted by atomic mass is 10.1. The average Bonchev–Trinajstić information content (AvgIpc) is 3.37. The minimum absolute atomic E-state index is 0.0418. The lowest BCUT2D eigenvalue weighted by Crippen LogP contribution is -1.99. The molecule has 5 rings (SSSR count). The van der Waals surface area contributed by atoms with Gasteiger partial charge in [0.2, 0.25) is 0 Å². The number of thiophene rings is 1. The molecule has 0 radical (unpaired) electrons. The Morgan fingerprint density at radius 3 is 2.13 bits per heavy atom. The van der Waals surface area contributed by atoms with Crippen LogP contribution in [0.3, 0.4) is 0 Å². The Bertz CT molecular complexity index is 1300. The molecule has 0 spiro atoms. The molecule has 0 fully saturated rings. The third-order valence-electron chi connectivity index (χ3n) is 4.93. The second-order valence-corrected chi connectivity index (χ2v) is 8.64. The standard InChI is InChI=1S/C23H12Cl2O4S/c1-28-12-4-2-11(3-5-12)20-10-19-21(30-20)7-13(29-19)6-16-22(26)14-8-17(24)18(25)9-15(14)23(16)27/h2-10H,1H3. The number of ether oxygens (including phenoxy) is 1. The van der Waals surface area contributed by atoms with E-state index in [9.17, 15) is 9.59 Å². The largest absolute Gasteiger partial charge is 0.497 e. The van der Waals surface area contributed by atoms with Crippen LogP contribution in [0.1, 0.15) is 26.5 Å². The van der Waals surface area contributed by atoms with E-state index < -0.39 is 0 Å². The van der Waals surface area contributed by atoms with Gasteiger partial charge in [0.15, 0.2) is 11.6 Å². The number of Topliss-reactive ketones (excluding diaryl/α,β-unsaturated/α-hetero) is 2. The molecule has 0 N–H and O–H groups in total. The maximum absolute atomic E-state index is 12.7. The van der Waals surface area contributed by atoms with Crippen LogP contribution in [0.4, 0.5) is 0 Å². The highest BCUT2D eigenvalue weighted by atomic mass is 35.5. The van der Waals surface area contributed by atoms with Crippen LogP contribution in [0.5, 0.6) is 5.75 Å². The summed E-state index contributed by atoms with van der Waals surface area (Å²) in [4.78, 5) is 26.4. The van der Waals surface area contributed by atoms with E-state index in [-0.39, 0.29) is 38.3 Å². The van der Waals surface area contributed by atoms with Crippen molar-refractivity contribution in [2.75, 3.05) is 7.11 Å². The molecule has 0 saturated heterocycles. The maximum atomic E-state index is 12.7. The number of ketones is 2. The molecule has 30 heavy (non-hydrogen) atoms. The van der Waals surface area contributed by atoms with Crippen molar-refractivity contribution < 1.29 is 18.7 Å². The third kappa shape index (κ3) is 3.06. The number of methoxy groups -OCH3 is 1. The Morgan fingerprint density at radius 2 is 1.57 bits per heavy atom. The molecule has 0 atom stereocenters. The van der Waals surface area contributed by atoms with E-state index in [0.29, 0.717) is 11.3 Å². The summed E-state index contributed by atoms with van der Waals surface area (Å²) in [5.74, 6) is 0.473. The van der Waals surface area contributed by atoms with Crippen LogP contribution in [-0.2, 0) is 0 Å². The highest BCUT2D eigenvalue weighted by Gasteiger charge is 2.34. The van der Waals surface area contributed by atoms with Gasteiger partial charge in [0.05, 0.1) is 27.4 Å². The molecule has 4 nitrogen and oxygen atoms in total. The number of halogens is 2. The first kappa shape index (κ1) is 19.1. The molecular formula is C23H12Cl2O4S. The SMILES string of the molecule is COc1ccc(-c2cc3oc(C=C4C(=O)c5cc(Cl)c(Cl)cc5C4=O)cc3s2)cc1. The summed E-state index contributed by atoms with van der Waals surface area (Å²) < 4.78 is 12.0. The van der Waals surface area contributed by atoms with Gasteiger partial charge in [-0.05, 0) is 48.0 Å². The molecule has 4 aromatic rings. The Labute approximate surface area is 185 Å². The topological polar surface area (TPSA) is 56.5 Å². The van der Waals surface area contributed by atoms with Gasteiger partial charge in [-0.1, -0.05) is 23.2 Å². The third-order valence-corrected chi connectivity index (χ3v) is 6.76. The van der Waals surface area contributed by atoms with Gasteiger partial charge in [0.1, 0.15) is 17.1 Å². The molecule has 2 aromatic heterocycles. The summed E-state index contributed by atoms with van der Waals surface area (Å²) in [6.45, 7) is 0. The normalized spacial score (nSPS) is 13.2. The molecule has 0 unspecified atom stereocenters. The van der Waals surface area contributed by atoms with Gasteiger partial charge >= 0.3 is 0 Å². The highest BCUT2D eigenvalue weighted by molar-refractivity contribution is 7.22. The van der Waals surface area contributed by atoms with Gasteiger partial charge in [0, 0.05) is 28.1 Å². The van der Waals surface area contributed by atoms with Crippen LogP contribution >= 0.6 is 34.5 Å². The zero-order valence-corrected chi connectivity index (χ0v) is 17.8. The number of furan rings is 1. The summed E-state index contributed by atoms with van der Waals surface area (Å²) in [6, 6.07) is 14.4. The molecule has 2 aromatic carbocycles. The van der Waals surface area contributed by atoms with Crippen molar-refractivity contribution in [3.8, 4) is 16.2 Å². The molecule has 0 saturated carbocycles. The highest BCUT2D eigenvalue weighted by Crippen LogP contribution is 2.38. The first-order valence-electron chi connectivity index (χ1n) is 8.92. The summed E-state index contributed by atoms with van der Waals surface area (Å²) in [7, 11) is 1.63. The van der Waals surface area contributed by atoms with E-state index >= 15 is 0 Å².